The molecule has 0 saturated heterocycles. The van der Waals surface area contributed by atoms with Crippen molar-refractivity contribution in [3.8, 4) is 0 Å². The molecule has 6 heteroatoms. The molecule has 1 unspecified atom stereocenters. The first-order chi connectivity index (χ1) is 6.99. The molecule has 1 atom stereocenters. The lowest BCUT2D eigenvalue weighted by Crippen LogP contribution is -2.24. The molecule has 0 radical (unpaired) electrons. The van der Waals surface area contributed by atoms with Crippen LogP contribution in [-0.2, 0) is 4.79 Å². The highest BCUT2D eigenvalue weighted by atomic mass is 35.5. The number of aromatic nitrogens is 1. The van der Waals surface area contributed by atoms with E-state index in [0.717, 1.165) is 0 Å². The molecule has 0 fully saturated rings. The molecule has 0 aliphatic rings. The fourth-order valence-electron chi connectivity index (χ4n) is 1.15. The Labute approximate surface area is 92.8 Å². The topological polar surface area (TPSA) is 94.0 Å². The Balaban J connectivity index is 2.71. The number of nitrogens with two attached hydrogens (primary N) is 2. The number of rotatable bonds is 4. The zero-order chi connectivity index (χ0) is 11.4. The van der Waals surface area contributed by atoms with Crippen molar-refractivity contribution in [2.45, 2.75) is 19.4 Å². The molecule has 5 nitrogen and oxygen atoms in total. The Hall–Kier alpha value is -1.49. The van der Waals surface area contributed by atoms with Crippen LogP contribution in [0.5, 0.6) is 0 Å². The number of halogens is 1. The first-order valence-electron chi connectivity index (χ1n) is 4.46. The van der Waals surface area contributed by atoms with Crippen LogP contribution in [0.4, 0.5) is 11.5 Å². The summed E-state index contributed by atoms with van der Waals surface area (Å²) < 4.78 is 0. The Morgan fingerprint density at radius 2 is 2.33 bits per heavy atom. The number of hydrogen-bond donors (Lipinski definition) is 3. The molecule has 1 aromatic heterocycles. The summed E-state index contributed by atoms with van der Waals surface area (Å²) in [6, 6.07) is 3.12. The van der Waals surface area contributed by atoms with Gasteiger partial charge in [-0.3, -0.25) is 4.79 Å². The lowest BCUT2D eigenvalue weighted by Gasteiger charge is -2.14. The van der Waals surface area contributed by atoms with Crippen molar-refractivity contribution in [2.75, 3.05) is 11.1 Å². The largest absolute Gasteiger partial charge is 0.396 e. The number of nitrogens with zero attached hydrogens (tertiary/aromatic N) is 1. The average molecular weight is 229 g/mol. The second-order valence-corrected chi connectivity index (χ2v) is 3.67. The molecule has 0 aliphatic heterocycles. The average Bonchev–Trinajstić information content (AvgIpc) is 2.10. The minimum absolute atomic E-state index is 0.129. The highest BCUT2D eigenvalue weighted by Gasteiger charge is 2.08. The zero-order valence-corrected chi connectivity index (χ0v) is 9.08. The Morgan fingerprint density at radius 3 is 2.93 bits per heavy atom. The third-order valence-electron chi connectivity index (χ3n) is 1.78. The van der Waals surface area contributed by atoms with Gasteiger partial charge in [-0.25, -0.2) is 4.98 Å². The molecule has 1 rings (SSSR count). The summed E-state index contributed by atoms with van der Waals surface area (Å²) in [4.78, 5) is 14.7. The molecule has 0 spiro atoms. The number of carbonyl (C=O) groups excluding carboxylic acids is 1. The lowest BCUT2D eigenvalue weighted by atomic mass is 10.2. The minimum atomic E-state index is -0.379. The van der Waals surface area contributed by atoms with Crippen molar-refractivity contribution in [2.24, 2.45) is 5.73 Å². The van der Waals surface area contributed by atoms with E-state index in [1.807, 2.05) is 6.92 Å². The van der Waals surface area contributed by atoms with Gasteiger partial charge in [-0.15, -0.1) is 0 Å². The van der Waals surface area contributed by atoms with Gasteiger partial charge in [-0.1, -0.05) is 11.6 Å². The van der Waals surface area contributed by atoms with Crippen molar-refractivity contribution in [1.29, 1.82) is 0 Å². The van der Waals surface area contributed by atoms with Gasteiger partial charge in [0.2, 0.25) is 5.91 Å². The van der Waals surface area contributed by atoms with Crippen LogP contribution in [0.15, 0.2) is 12.1 Å². The molecule has 82 valence electrons. The van der Waals surface area contributed by atoms with E-state index in [0.29, 0.717) is 16.7 Å². The van der Waals surface area contributed by atoms with Crippen molar-refractivity contribution in [3.05, 3.63) is 17.3 Å². The van der Waals surface area contributed by atoms with Crippen molar-refractivity contribution < 1.29 is 4.79 Å². The van der Waals surface area contributed by atoms with E-state index in [1.165, 1.54) is 0 Å². The van der Waals surface area contributed by atoms with E-state index in [9.17, 15) is 4.79 Å². The molecule has 15 heavy (non-hydrogen) atoms. The molecule has 0 aliphatic carbocycles. The molecule has 1 aromatic rings. The second-order valence-electron chi connectivity index (χ2n) is 3.29. The van der Waals surface area contributed by atoms with Crippen LogP contribution in [0, 0.1) is 0 Å². The third-order valence-corrected chi connectivity index (χ3v) is 1.99. The maximum absolute atomic E-state index is 10.7. The summed E-state index contributed by atoms with van der Waals surface area (Å²) in [7, 11) is 0. The number of amides is 1. The second kappa shape index (κ2) is 4.84. The van der Waals surface area contributed by atoms with Crippen LogP contribution in [0.1, 0.15) is 13.3 Å². The fourth-order valence-corrected chi connectivity index (χ4v) is 1.30. The summed E-state index contributed by atoms with van der Waals surface area (Å²) in [6.07, 6.45) is 0.216. The number of nitrogens with one attached hydrogen (secondary N) is 1. The molecule has 0 bridgehead atoms. The number of pyridine rings is 1. The first kappa shape index (κ1) is 11.6. The van der Waals surface area contributed by atoms with Crippen molar-refractivity contribution >= 4 is 29.0 Å². The number of carbonyl (C=O) groups is 1. The number of nitrogen functional groups attached to an aromatic ring is 1. The van der Waals surface area contributed by atoms with Gasteiger partial charge in [0, 0.05) is 12.5 Å². The third kappa shape index (κ3) is 3.63. The zero-order valence-electron chi connectivity index (χ0n) is 8.33. The number of anilines is 2. The number of hydrogen-bond acceptors (Lipinski definition) is 4. The van der Waals surface area contributed by atoms with Crippen molar-refractivity contribution in [1.82, 2.24) is 4.98 Å². The quantitative estimate of drug-likeness (QED) is 0.670. The molecule has 1 heterocycles. The minimum Gasteiger partial charge on any atom is -0.396 e. The van der Waals surface area contributed by atoms with Crippen LogP contribution < -0.4 is 16.8 Å². The standard InChI is InChI=1S/C9H13ClN4O/c1-5(4-8(12)15)13-9-6(11)2-3-7(10)14-9/h2-3,5H,4,11H2,1H3,(H2,12,15)(H,13,14). The highest BCUT2D eigenvalue weighted by Crippen LogP contribution is 2.19. The maximum Gasteiger partial charge on any atom is 0.219 e. The smallest absolute Gasteiger partial charge is 0.219 e. The Morgan fingerprint density at radius 1 is 1.67 bits per heavy atom. The van der Waals surface area contributed by atoms with Gasteiger partial charge in [0.25, 0.3) is 0 Å². The van der Waals surface area contributed by atoms with E-state index in [4.69, 9.17) is 23.1 Å². The van der Waals surface area contributed by atoms with Crippen molar-refractivity contribution in [3.63, 3.8) is 0 Å². The fraction of sp³-hybridized carbons (Fsp3) is 0.333. The predicted molar refractivity (Wildman–Crippen MR) is 60.6 cm³/mol. The first-order valence-corrected chi connectivity index (χ1v) is 4.83. The van der Waals surface area contributed by atoms with Crippen LogP contribution >= 0.6 is 11.6 Å². The Bertz CT molecular complexity index is 369. The molecule has 1 amide bonds. The molecule has 5 N–H and O–H groups in total. The van der Waals surface area contributed by atoms with E-state index in [-0.39, 0.29) is 18.4 Å². The monoisotopic (exact) mass is 228 g/mol. The molecular formula is C9H13ClN4O. The van der Waals surface area contributed by atoms with Crippen LogP contribution in [0.2, 0.25) is 5.15 Å². The van der Waals surface area contributed by atoms with E-state index in [1.54, 1.807) is 12.1 Å². The lowest BCUT2D eigenvalue weighted by molar-refractivity contribution is -0.118. The van der Waals surface area contributed by atoms with Gasteiger partial charge >= 0.3 is 0 Å². The van der Waals surface area contributed by atoms with Gasteiger partial charge in [0.15, 0.2) is 5.82 Å². The maximum atomic E-state index is 10.7. The summed E-state index contributed by atoms with van der Waals surface area (Å²) in [5, 5.41) is 3.31. The van der Waals surface area contributed by atoms with Gasteiger partial charge < -0.3 is 16.8 Å². The molecular weight excluding hydrogens is 216 g/mol. The van der Waals surface area contributed by atoms with E-state index >= 15 is 0 Å². The highest BCUT2D eigenvalue weighted by molar-refractivity contribution is 6.29. The SMILES string of the molecule is CC(CC(N)=O)Nc1nc(Cl)ccc1N. The normalized spacial score (nSPS) is 12.1. The summed E-state index contributed by atoms with van der Waals surface area (Å²) in [5.41, 5.74) is 11.2. The number of primary amides is 1. The van der Waals surface area contributed by atoms with Gasteiger partial charge in [0.05, 0.1) is 5.69 Å². The summed E-state index contributed by atoms with van der Waals surface area (Å²) in [6.45, 7) is 1.81. The molecule has 0 saturated carbocycles. The summed E-state index contributed by atoms with van der Waals surface area (Å²) in [5.74, 6) is 0.0897. The van der Waals surface area contributed by atoms with Crippen LogP contribution in [-0.4, -0.2) is 16.9 Å². The van der Waals surface area contributed by atoms with E-state index in [2.05, 4.69) is 10.3 Å². The predicted octanol–water partition coefficient (Wildman–Crippen LogP) is 0.993. The molecule has 0 aromatic carbocycles. The van der Waals surface area contributed by atoms with Gasteiger partial charge in [-0.2, -0.15) is 0 Å². The Kier molecular flexibility index (Phi) is 3.74. The van der Waals surface area contributed by atoms with Crippen LogP contribution in [0.3, 0.4) is 0 Å². The van der Waals surface area contributed by atoms with Crippen LogP contribution in [0.25, 0.3) is 0 Å². The van der Waals surface area contributed by atoms with Gasteiger partial charge in [-0.05, 0) is 19.1 Å². The van der Waals surface area contributed by atoms with Gasteiger partial charge in [0.1, 0.15) is 5.15 Å². The van der Waals surface area contributed by atoms with E-state index < -0.39 is 0 Å². The summed E-state index contributed by atoms with van der Waals surface area (Å²) >= 11 is 5.71.